The number of amides is 5. The number of fused-ring (bicyclic) bond motifs is 1. The van der Waals surface area contributed by atoms with Gasteiger partial charge in [-0.05, 0) is 130 Å². The van der Waals surface area contributed by atoms with Gasteiger partial charge in [-0.2, -0.15) is 0 Å². The van der Waals surface area contributed by atoms with Gasteiger partial charge in [-0.1, -0.05) is 161 Å². The maximum absolute atomic E-state index is 12.4. The van der Waals surface area contributed by atoms with E-state index in [9.17, 15) is 33.9 Å². The van der Waals surface area contributed by atoms with Crippen LogP contribution in [0.25, 0.3) is 10.8 Å². The number of nitrogens with one attached hydrogen (secondary N) is 5. The van der Waals surface area contributed by atoms with E-state index >= 15 is 0 Å². The second-order valence-electron chi connectivity index (χ2n) is 17.5. The molecule has 1 fully saturated rings. The van der Waals surface area contributed by atoms with Crippen molar-refractivity contribution in [2.45, 2.75) is 52.5 Å². The normalized spacial score (nSPS) is 11.1. The number of benzene rings is 7. The van der Waals surface area contributed by atoms with E-state index in [4.69, 9.17) is 99.2 Å². The molecule has 0 spiro atoms. The lowest BCUT2D eigenvalue weighted by Gasteiger charge is -2.19. The molecule has 7 aromatic rings. The number of carboxylic acids is 1. The molecule has 0 saturated heterocycles. The third-order valence-corrected chi connectivity index (χ3v) is 13.2. The van der Waals surface area contributed by atoms with Crippen molar-refractivity contribution in [2.75, 3.05) is 21.3 Å². The van der Waals surface area contributed by atoms with Crippen molar-refractivity contribution in [3.8, 4) is 12.3 Å². The highest BCUT2D eigenvalue weighted by molar-refractivity contribution is 6.43. The van der Waals surface area contributed by atoms with E-state index in [0.29, 0.717) is 80.5 Å². The van der Waals surface area contributed by atoms with Crippen molar-refractivity contribution in [3.63, 3.8) is 0 Å². The van der Waals surface area contributed by atoms with Crippen LogP contribution >= 0.6 is 92.8 Å². The molecule has 8 rings (SSSR count). The lowest BCUT2D eigenvalue weighted by molar-refractivity contribution is -0.117. The second-order valence-corrected chi connectivity index (χ2v) is 20.8. The maximum Gasteiger partial charge on any atom is 0.336 e. The highest BCUT2D eigenvalue weighted by atomic mass is 35.5. The summed E-state index contributed by atoms with van der Waals surface area (Å²) in [5.41, 5.74) is 2.89. The number of halogens is 8. The molecule has 1 aliphatic carbocycles. The summed E-state index contributed by atoms with van der Waals surface area (Å²) in [4.78, 5) is 69.0. The fourth-order valence-electron chi connectivity index (χ4n) is 6.27. The number of carbonyl (C=O) groups excluding carboxylic acids is 5. The summed E-state index contributed by atoms with van der Waals surface area (Å²) in [6.45, 7) is 10.4. The summed E-state index contributed by atoms with van der Waals surface area (Å²) in [5, 5.41) is 28.2. The van der Waals surface area contributed by atoms with E-state index in [1.807, 2.05) is 36.4 Å². The molecular weight excluding hydrogens is 1170 g/mol. The molecule has 20 heteroatoms. The summed E-state index contributed by atoms with van der Waals surface area (Å²) in [6, 6.07) is 39.0. The van der Waals surface area contributed by atoms with Gasteiger partial charge in [0.2, 0.25) is 11.8 Å². The van der Waals surface area contributed by atoms with Crippen molar-refractivity contribution >= 4 is 162 Å². The minimum absolute atomic E-state index is 0.0137. The first-order chi connectivity index (χ1) is 37.3. The first-order valence-electron chi connectivity index (χ1n) is 23.6. The molecule has 6 N–H and O–H groups in total. The number of anilines is 4. The smallest absolute Gasteiger partial charge is 0.336 e. The van der Waals surface area contributed by atoms with Crippen molar-refractivity contribution in [3.05, 3.63) is 209 Å². The Kier molecular flexibility index (Phi) is 25.5. The zero-order valence-electron chi connectivity index (χ0n) is 42.7. The molecule has 7 aromatic carbocycles. The summed E-state index contributed by atoms with van der Waals surface area (Å²) in [5.74, 6) is 0.612. The molecule has 12 nitrogen and oxygen atoms in total. The molecular formula is C59H51Cl8N5O7. The average Bonchev–Trinajstić information content (AvgIpc) is 4.27. The van der Waals surface area contributed by atoms with Crippen LogP contribution in [0.2, 0.25) is 40.2 Å². The van der Waals surface area contributed by atoms with Crippen LogP contribution in [0.15, 0.2) is 152 Å². The lowest BCUT2D eigenvalue weighted by atomic mass is 10.1. The molecule has 0 atom stereocenters. The topological polar surface area (TPSA) is 183 Å². The fourth-order valence-corrected chi connectivity index (χ4v) is 7.69. The maximum atomic E-state index is 12.4. The summed E-state index contributed by atoms with van der Waals surface area (Å²) < 4.78 is 0. The van der Waals surface area contributed by atoms with E-state index < -0.39 is 17.4 Å². The van der Waals surface area contributed by atoms with Crippen LogP contribution in [0.1, 0.15) is 78.0 Å². The monoisotopic (exact) mass is 1220 g/mol. The van der Waals surface area contributed by atoms with Gasteiger partial charge in [0, 0.05) is 61.7 Å². The number of hydrogen-bond acceptors (Lipinski definition) is 6. The number of terminal acetylenes is 1. The van der Waals surface area contributed by atoms with Gasteiger partial charge < -0.3 is 31.7 Å². The van der Waals surface area contributed by atoms with Crippen LogP contribution in [0, 0.1) is 18.3 Å². The standard InChI is InChI=1S/C18H13NO3.C12H11Cl2NO.2C10H9Cl2NO.C9H9Cl2NO/c20-17(14-9-3-4-10-15(14)18(21)22)19-16-11-5-7-12-6-1-2-8-13(12)16;1-4-12(2,3)15-11(16)8-5-9(13)7-10(14)6-8;11-8-4-3-7(5-9(8)12)13-10(14)6-1-2-6;1-6(2)10(14)13-7-3-4-8(11)9(12)5-7;1-2-9(13)12-6-3-4-7(10)8(11)5-6/h1-11H,(H,19,20)(H,21,22);1,5-7H,2-3H3,(H,15,16);3-6H,1-2H2,(H,13,14);3-5H,1H2,2H3,(H,13,14);3-5H,2H2,1H3,(H,12,13). The van der Waals surface area contributed by atoms with Gasteiger partial charge in [0.05, 0.1) is 46.8 Å². The summed E-state index contributed by atoms with van der Waals surface area (Å²) in [6.07, 6.45) is 7.71. The third-order valence-electron chi connectivity index (χ3n) is 10.6. The van der Waals surface area contributed by atoms with Gasteiger partial charge in [-0.3, -0.25) is 24.0 Å². The van der Waals surface area contributed by atoms with E-state index in [0.717, 1.165) is 23.6 Å². The quantitative estimate of drug-likeness (QED) is 0.0550. The number of rotatable bonds is 11. The Hall–Kier alpha value is -6.76. The Morgan fingerprint density at radius 3 is 1.56 bits per heavy atom. The van der Waals surface area contributed by atoms with Gasteiger partial charge in [-0.15, -0.1) is 6.42 Å². The molecule has 1 saturated carbocycles. The molecule has 0 unspecified atom stereocenters. The molecule has 5 amide bonds. The minimum Gasteiger partial charge on any atom is -0.478 e. The predicted octanol–water partition coefficient (Wildman–Crippen LogP) is 17.1. The molecule has 0 heterocycles. The average molecular weight is 1230 g/mol. The second kappa shape index (κ2) is 31.1. The molecule has 1 aliphatic rings. The zero-order valence-corrected chi connectivity index (χ0v) is 48.7. The van der Waals surface area contributed by atoms with Crippen LogP contribution in [-0.2, 0) is 14.4 Å². The van der Waals surface area contributed by atoms with Crippen LogP contribution < -0.4 is 26.6 Å². The Morgan fingerprint density at radius 2 is 1.08 bits per heavy atom. The molecule has 0 bridgehead atoms. The van der Waals surface area contributed by atoms with Gasteiger partial charge in [-0.25, -0.2) is 4.79 Å². The molecule has 79 heavy (non-hydrogen) atoms. The van der Waals surface area contributed by atoms with E-state index in [2.05, 4.69) is 39.1 Å². The van der Waals surface area contributed by atoms with Crippen LogP contribution in [0.4, 0.5) is 22.7 Å². The van der Waals surface area contributed by atoms with Crippen molar-refractivity contribution in [1.82, 2.24) is 5.32 Å². The Labute approximate surface area is 498 Å². The SMILES string of the molecule is C#CC(C)(C)NC(=O)c1cc(Cl)cc(Cl)c1.C=C(C)C(=O)Nc1ccc(Cl)c(Cl)c1.CCC(=O)Nc1ccc(Cl)c(Cl)c1.O=C(Nc1ccc(Cl)c(Cl)c1)C1CC1.O=C(O)c1ccccc1C(=O)Nc1cccc2ccccc12. The van der Waals surface area contributed by atoms with E-state index in [1.54, 1.807) is 107 Å². The first kappa shape index (κ1) is 64.8. The number of aromatic carboxylic acids is 1. The first-order valence-corrected chi connectivity index (χ1v) is 26.6. The molecule has 410 valence electrons. The van der Waals surface area contributed by atoms with Gasteiger partial charge >= 0.3 is 5.97 Å². The summed E-state index contributed by atoms with van der Waals surface area (Å²) >= 11 is 46.1. The van der Waals surface area contributed by atoms with E-state index in [1.165, 1.54) is 24.3 Å². The minimum atomic E-state index is -1.12. The van der Waals surface area contributed by atoms with Crippen LogP contribution in [0.5, 0.6) is 0 Å². The predicted molar refractivity (Wildman–Crippen MR) is 325 cm³/mol. The molecule has 0 radical (unpaired) electrons. The summed E-state index contributed by atoms with van der Waals surface area (Å²) in [7, 11) is 0. The Morgan fingerprint density at radius 1 is 0.595 bits per heavy atom. The number of carboxylic acid groups (broad SMARTS) is 1. The van der Waals surface area contributed by atoms with Gasteiger partial charge in [0.25, 0.3) is 17.7 Å². The lowest BCUT2D eigenvalue weighted by Crippen LogP contribution is -2.42. The third kappa shape index (κ3) is 21.8. The largest absolute Gasteiger partial charge is 0.478 e. The highest BCUT2D eigenvalue weighted by Crippen LogP contribution is 2.32. The van der Waals surface area contributed by atoms with Crippen molar-refractivity contribution in [2.24, 2.45) is 5.92 Å². The van der Waals surface area contributed by atoms with Crippen LogP contribution in [0.3, 0.4) is 0 Å². The highest BCUT2D eigenvalue weighted by Gasteiger charge is 2.29. The number of carbonyl (C=O) groups is 6. The molecule has 0 aromatic heterocycles. The Balaban J connectivity index is 0.000000216. The van der Waals surface area contributed by atoms with E-state index in [-0.39, 0.29) is 40.7 Å². The fraction of sp³-hybridized carbons (Fsp3) is 0.153. The van der Waals surface area contributed by atoms with Crippen LogP contribution in [-0.4, -0.2) is 46.2 Å². The molecule has 0 aliphatic heterocycles. The van der Waals surface area contributed by atoms with Gasteiger partial charge in [0.1, 0.15) is 0 Å². The Bertz CT molecular complexity index is 3410. The zero-order chi connectivity index (χ0) is 58.6. The van der Waals surface area contributed by atoms with Crippen molar-refractivity contribution < 1.29 is 33.9 Å². The number of hydrogen-bond donors (Lipinski definition) is 6. The van der Waals surface area contributed by atoms with Gasteiger partial charge in [0.15, 0.2) is 0 Å². The van der Waals surface area contributed by atoms with Crippen molar-refractivity contribution in [1.29, 1.82) is 0 Å².